The highest BCUT2D eigenvalue weighted by atomic mass is 16.6. The smallest absolute Gasteiger partial charge is 0.351 e. The summed E-state index contributed by atoms with van der Waals surface area (Å²) in [5, 5.41) is 29.0. The van der Waals surface area contributed by atoms with E-state index in [1.54, 1.807) is 0 Å². The lowest BCUT2D eigenvalue weighted by Gasteiger charge is -2.27. The molecule has 0 amide bonds. The molecule has 0 bridgehead atoms. The second-order valence-corrected chi connectivity index (χ2v) is 4.42. The topological polar surface area (TPSA) is 131 Å². The van der Waals surface area contributed by atoms with E-state index in [0.29, 0.717) is 0 Å². The van der Waals surface area contributed by atoms with Gasteiger partial charge < -0.3 is 25.8 Å². The summed E-state index contributed by atoms with van der Waals surface area (Å²) in [4.78, 5) is 15.2. The van der Waals surface area contributed by atoms with Gasteiger partial charge in [0.25, 0.3) is 0 Å². The Morgan fingerprint density at radius 3 is 2.83 bits per heavy atom. The molecule has 2 rings (SSSR count). The predicted molar refractivity (Wildman–Crippen MR) is 60.5 cm³/mol. The third-order valence-corrected chi connectivity index (χ3v) is 3.04. The summed E-state index contributed by atoms with van der Waals surface area (Å²) in [5.74, 6) is 0.0492. The first-order valence-electron chi connectivity index (χ1n) is 5.39. The minimum atomic E-state index is -1.71. The van der Waals surface area contributed by atoms with E-state index in [-0.39, 0.29) is 5.82 Å². The van der Waals surface area contributed by atoms with Crippen LogP contribution in [0.2, 0.25) is 0 Å². The van der Waals surface area contributed by atoms with Crippen molar-refractivity contribution >= 4 is 5.82 Å². The van der Waals surface area contributed by atoms with Crippen molar-refractivity contribution in [3.8, 4) is 0 Å². The Kier molecular flexibility index (Phi) is 3.11. The van der Waals surface area contributed by atoms with Gasteiger partial charge in [0.15, 0.2) is 6.23 Å². The van der Waals surface area contributed by atoms with Crippen LogP contribution < -0.4 is 11.4 Å². The van der Waals surface area contributed by atoms with E-state index in [0.717, 1.165) is 4.57 Å². The Morgan fingerprint density at radius 2 is 2.33 bits per heavy atom. The summed E-state index contributed by atoms with van der Waals surface area (Å²) >= 11 is 0. The summed E-state index contributed by atoms with van der Waals surface area (Å²) in [7, 11) is 0. The number of anilines is 1. The molecule has 1 aliphatic rings. The molecule has 2 heterocycles. The van der Waals surface area contributed by atoms with Crippen LogP contribution in [0.25, 0.3) is 0 Å². The van der Waals surface area contributed by atoms with Gasteiger partial charge in [-0.15, -0.1) is 0 Å². The molecular formula is C10H15N3O5. The Balaban J connectivity index is 2.42. The fourth-order valence-electron chi connectivity index (χ4n) is 1.99. The van der Waals surface area contributed by atoms with E-state index in [4.69, 9.17) is 15.6 Å². The average Bonchev–Trinajstić information content (AvgIpc) is 2.52. The van der Waals surface area contributed by atoms with Crippen molar-refractivity contribution < 1.29 is 20.1 Å². The number of hydrogen-bond acceptors (Lipinski definition) is 7. The molecule has 0 aliphatic carbocycles. The van der Waals surface area contributed by atoms with E-state index in [9.17, 15) is 15.0 Å². The molecule has 1 aliphatic heterocycles. The SMILES string of the molecule is C[C@@]1(O)[C@H](O)[C@H](CO)O[C@@H]1n1ccc(N)nc1=O. The molecule has 1 fully saturated rings. The van der Waals surface area contributed by atoms with E-state index in [1.165, 1.54) is 19.2 Å². The predicted octanol–water partition coefficient (Wildman–Crippen LogP) is -2.17. The van der Waals surface area contributed by atoms with Crippen LogP contribution in [-0.2, 0) is 4.74 Å². The maximum Gasteiger partial charge on any atom is 0.351 e. The molecule has 0 radical (unpaired) electrons. The lowest BCUT2D eigenvalue weighted by Crippen LogP contribution is -2.46. The number of aliphatic hydroxyl groups excluding tert-OH is 2. The fraction of sp³-hybridized carbons (Fsp3) is 0.600. The number of nitrogens with zero attached hydrogens (tertiary/aromatic N) is 2. The molecule has 4 atom stereocenters. The Morgan fingerprint density at radius 1 is 1.67 bits per heavy atom. The van der Waals surface area contributed by atoms with Crippen LogP contribution in [0.1, 0.15) is 13.2 Å². The zero-order valence-electron chi connectivity index (χ0n) is 9.72. The summed E-state index contributed by atoms with van der Waals surface area (Å²) < 4.78 is 6.30. The van der Waals surface area contributed by atoms with Crippen LogP contribution in [-0.4, -0.2) is 49.3 Å². The third-order valence-electron chi connectivity index (χ3n) is 3.04. The molecule has 0 unspecified atom stereocenters. The molecule has 1 aromatic heterocycles. The Bertz CT molecular complexity index is 501. The van der Waals surface area contributed by atoms with Gasteiger partial charge >= 0.3 is 5.69 Å². The molecule has 8 heteroatoms. The maximum absolute atomic E-state index is 11.7. The van der Waals surface area contributed by atoms with Crippen molar-refractivity contribution in [2.45, 2.75) is 31.0 Å². The van der Waals surface area contributed by atoms with E-state index >= 15 is 0 Å². The molecule has 1 saturated heterocycles. The Labute approximate surface area is 102 Å². The van der Waals surface area contributed by atoms with Gasteiger partial charge in [-0.05, 0) is 13.0 Å². The first-order valence-corrected chi connectivity index (χ1v) is 5.39. The largest absolute Gasteiger partial charge is 0.394 e. The second-order valence-electron chi connectivity index (χ2n) is 4.42. The number of nitrogens with two attached hydrogens (primary N) is 1. The number of rotatable bonds is 2. The molecule has 0 spiro atoms. The van der Waals surface area contributed by atoms with Crippen molar-refractivity contribution in [3.05, 3.63) is 22.7 Å². The Hall–Kier alpha value is -1.48. The lowest BCUT2D eigenvalue weighted by atomic mass is 9.96. The third kappa shape index (κ3) is 1.89. The minimum absolute atomic E-state index is 0.0492. The van der Waals surface area contributed by atoms with Crippen molar-refractivity contribution in [1.82, 2.24) is 9.55 Å². The van der Waals surface area contributed by atoms with Gasteiger partial charge in [-0.25, -0.2) is 4.79 Å². The summed E-state index contributed by atoms with van der Waals surface area (Å²) in [6.07, 6.45) is -2.09. The minimum Gasteiger partial charge on any atom is -0.394 e. The van der Waals surface area contributed by atoms with Gasteiger partial charge in [0, 0.05) is 6.20 Å². The van der Waals surface area contributed by atoms with Crippen molar-refractivity contribution in [2.24, 2.45) is 0 Å². The quantitative estimate of drug-likeness (QED) is 0.474. The molecule has 18 heavy (non-hydrogen) atoms. The molecule has 100 valence electrons. The number of aliphatic hydroxyl groups is 3. The highest BCUT2D eigenvalue weighted by molar-refractivity contribution is 5.23. The van der Waals surface area contributed by atoms with E-state index < -0.39 is 36.3 Å². The van der Waals surface area contributed by atoms with E-state index in [1.807, 2.05) is 0 Å². The van der Waals surface area contributed by atoms with Gasteiger partial charge in [-0.2, -0.15) is 4.98 Å². The van der Waals surface area contributed by atoms with Gasteiger partial charge in [0.05, 0.1) is 6.61 Å². The van der Waals surface area contributed by atoms with Gasteiger partial charge in [0.2, 0.25) is 0 Å². The van der Waals surface area contributed by atoms with Crippen LogP contribution in [0.4, 0.5) is 5.82 Å². The number of ether oxygens (including phenoxy) is 1. The molecule has 8 nitrogen and oxygen atoms in total. The lowest BCUT2D eigenvalue weighted by molar-refractivity contribution is -0.0986. The molecule has 0 aromatic carbocycles. The number of hydrogen-bond donors (Lipinski definition) is 4. The molecule has 5 N–H and O–H groups in total. The average molecular weight is 257 g/mol. The number of aromatic nitrogens is 2. The number of nitrogen functional groups attached to an aromatic ring is 1. The van der Waals surface area contributed by atoms with Gasteiger partial charge in [-0.3, -0.25) is 4.57 Å². The first-order chi connectivity index (χ1) is 8.37. The molecule has 0 saturated carbocycles. The highest BCUT2D eigenvalue weighted by Gasteiger charge is 2.53. The van der Waals surface area contributed by atoms with Gasteiger partial charge in [0.1, 0.15) is 23.6 Å². The standard InChI is InChI=1S/C10H15N3O5/c1-10(17)7(15)5(4-14)18-8(10)13-3-2-6(11)12-9(13)16/h2-3,5,7-8,14-15,17H,4H2,1H3,(H2,11,12,16)/t5-,7+,8-,10+/m0/s1. The van der Waals surface area contributed by atoms with Crippen LogP contribution in [0, 0.1) is 0 Å². The van der Waals surface area contributed by atoms with Crippen molar-refractivity contribution in [3.63, 3.8) is 0 Å². The van der Waals surface area contributed by atoms with Crippen LogP contribution in [0.5, 0.6) is 0 Å². The second kappa shape index (κ2) is 4.32. The highest BCUT2D eigenvalue weighted by Crippen LogP contribution is 2.37. The van der Waals surface area contributed by atoms with Crippen LogP contribution in [0.3, 0.4) is 0 Å². The summed E-state index contributed by atoms with van der Waals surface area (Å²) in [5.41, 5.74) is 2.94. The van der Waals surface area contributed by atoms with Crippen molar-refractivity contribution in [1.29, 1.82) is 0 Å². The summed E-state index contributed by atoms with van der Waals surface area (Å²) in [6.45, 7) is 0.853. The maximum atomic E-state index is 11.7. The normalized spacial score (nSPS) is 35.9. The summed E-state index contributed by atoms with van der Waals surface area (Å²) in [6, 6.07) is 1.37. The van der Waals surface area contributed by atoms with Crippen molar-refractivity contribution in [2.75, 3.05) is 12.3 Å². The monoisotopic (exact) mass is 257 g/mol. The zero-order valence-corrected chi connectivity index (χ0v) is 9.72. The van der Waals surface area contributed by atoms with Gasteiger partial charge in [-0.1, -0.05) is 0 Å². The van der Waals surface area contributed by atoms with Crippen LogP contribution >= 0.6 is 0 Å². The first kappa shape index (κ1) is 13.0. The molecule has 1 aromatic rings. The van der Waals surface area contributed by atoms with E-state index in [2.05, 4.69) is 4.98 Å². The van der Waals surface area contributed by atoms with Crippen LogP contribution in [0.15, 0.2) is 17.1 Å². The zero-order chi connectivity index (χ0) is 13.5. The molecular weight excluding hydrogens is 242 g/mol. The fourth-order valence-corrected chi connectivity index (χ4v) is 1.99.